The Morgan fingerprint density at radius 1 is 1.32 bits per heavy atom. The number of hydrogen-bond acceptors (Lipinski definition) is 3. The molecule has 0 aliphatic carbocycles. The molecule has 0 spiro atoms. The first-order chi connectivity index (χ1) is 8.50. The van der Waals surface area contributed by atoms with Crippen molar-refractivity contribution >= 4 is 45.6 Å². The van der Waals surface area contributed by atoms with E-state index in [-0.39, 0.29) is 33.4 Å². The third kappa shape index (κ3) is 4.21. The molecule has 0 bridgehead atoms. The third-order valence-corrected chi connectivity index (χ3v) is 5.32. The molecule has 1 heterocycles. The van der Waals surface area contributed by atoms with Crippen LogP contribution in [0.25, 0.3) is 0 Å². The van der Waals surface area contributed by atoms with Gasteiger partial charge in [0, 0.05) is 12.6 Å². The molecule has 1 aliphatic rings. The number of hydrogen-bond donors (Lipinski definition) is 2. The normalized spacial score (nSPS) is 19.8. The average Bonchev–Trinajstić information content (AvgIpc) is 2.33. The smallest absolute Gasteiger partial charge is 0.242 e. The molecule has 8 heteroatoms. The van der Waals surface area contributed by atoms with Gasteiger partial charge in [0.25, 0.3) is 0 Å². The van der Waals surface area contributed by atoms with E-state index in [0.717, 1.165) is 19.4 Å². The molecule has 0 unspecified atom stereocenters. The highest BCUT2D eigenvalue weighted by Crippen LogP contribution is 2.29. The van der Waals surface area contributed by atoms with E-state index in [2.05, 4.69) is 10.0 Å². The zero-order valence-electron chi connectivity index (χ0n) is 10.0. The van der Waals surface area contributed by atoms with Gasteiger partial charge in [0.2, 0.25) is 10.0 Å². The van der Waals surface area contributed by atoms with Crippen molar-refractivity contribution in [3.63, 3.8) is 0 Å². The van der Waals surface area contributed by atoms with Crippen molar-refractivity contribution in [1.82, 2.24) is 10.0 Å². The Kier molecular flexibility index (Phi) is 6.36. The lowest BCUT2D eigenvalue weighted by molar-refractivity contribution is 0.428. The minimum atomic E-state index is -3.62. The van der Waals surface area contributed by atoms with E-state index in [4.69, 9.17) is 23.2 Å². The van der Waals surface area contributed by atoms with Crippen molar-refractivity contribution in [1.29, 1.82) is 0 Å². The summed E-state index contributed by atoms with van der Waals surface area (Å²) in [6.07, 6.45) is 1.78. The van der Waals surface area contributed by atoms with Gasteiger partial charge in [-0.15, -0.1) is 12.4 Å². The number of piperidine rings is 1. The predicted molar refractivity (Wildman–Crippen MR) is 79.9 cm³/mol. The van der Waals surface area contributed by atoms with Crippen LogP contribution < -0.4 is 10.0 Å². The van der Waals surface area contributed by atoms with Crippen LogP contribution in [-0.2, 0) is 10.0 Å². The predicted octanol–water partition coefficient (Wildman–Crippen LogP) is 2.45. The molecule has 19 heavy (non-hydrogen) atoms. The molecule has 0 aromatic heterocycles. The SMILES string of the molecule is Cl.O=S(=O)(N[C@@H]1CCCNC1)c1cccc(Cl)c1Cl. The molecule has 1 aliphatic heterocycles. The van der Waals surface area contributed by atoms with Crippen LogP contribution in [0.1, 0.15) is 12.8 Å². The van der Waals surface area contributed by atoms with Gasteiger partial charge in [0.1, 0.15) is 4.90 Å². The molecule has 2 rings (SSSR count). The zero-order chi connectivity index (χ0) is 13.2. The topological polar surface area (TPSA) is 58.2 Å². The fourth-order valence-corrected chi connectivity index (χ4v) is 3.96. The van der Waals surface area contributed by atoms with E-state index in [0.29, 0.717) is 6.54 Å². The van der Waals surface area contributed by atoms with E-state index >= 15 is 0 Å². The molecule has 1 atom stereocenters. The van der Waals surface area contributed by atoms with Gasteiger partial charge >= 0.3 is 0 Å². The molecule has 1 saturated heterocycles. The Bertz CT molecular complexity index is 531. The first-order valence-corrected chi connectivity index (χ1v) is 7.91. The second kappa shape index (κ2) is 7.11. The summed E-state index contributed by atoms with van der Waals surface area (Å²) in [4.78, 5) is 0.0299. The van der Waals surface area contributed by atoms with Crippen molar-refractivity contribution in [2.45, 2.75) is 23.8 Å². The van der Waals surface area contributed by atoms with E-state index in [1.807, 2.05) is 0 Å². The summed E-state index contributed by atoms with van der Waals surface area (Å²) in [6, 6.07) is 4.48. The van der Waals surface area contributed by atoms with Gasteiger partial charge in [0.15, 0.2) is 0 Å². The number of benzene rings is 1. The summed E-state index contributed by atoms with van der Waals surface area (Å²) in [6.45, 7) is 1.56. The summed E-state index contributed by atoms with van der Waals surface area (Å²) in [5.74, 6) is 0. The summed E-state index contributed by atoms with van der Waals surface area (Å²) in [5.41, 5.74) is 0. The van der Waals surface area contributed by atoms with Crippen LogP contribution in [0.15, 0.2) is 23.1 Å². The minimum absolute atomic E-state index is 0. The minimum Gasteiger partial charge on any atom is -0.315 e. The van der Waals surface area contributed by atoms with Crippen LogP contribution in [0.5, 0.6) is 0 Å². The van der Waals surface area contributed by atoms with Crippen LogP contribution in [0, 0.1) is 0 Å². The molecular formula is C11H15Cl3N2O2S. The Hall–Kier alpha value is -0.0400. The molecule has 0 amide bonds. The van der Waals surface area contributed by atoms with Gasteiger partial charge < -0.3 is 5.32 Å². The molecule has 2 N–H and O–H groups in total. The Morgan fingerprint density at radius 3 is 2.68 bits per heavy atom. The number of rotatable bonds is 3. The molecule has 108 valence electrons. The molecule has 4 nitrogen and oxygen atoms in total. The van der Waals surface area contributed by atoms with Gasteiger partial charge in [0.05, 0.1) is 10.0 Å². The summed E-state index contributed by atoms with van der Waals surface area (Å²) < 4.78 is 27.0. The number of nitrogens with one attached hydrogen (secondary N) is 2. The molecule has 0 saturated carbocycles. The van der Waals surface area contributed by atoms with Gasteiger partial charge in [-0.25, -0.2) is 13.1 Å². The monoisotopic (exact) mass is 344 g/mol. The highest BCUT2D eigenvalue weighted by molar-refractivity contribution is 7.89. The van der Waals surface area contributed by atoms with E-state index in [1.165, 1.54) is 6.07 Å². The largest absolute Gasteiger partial charge is 0.315 e. The average molecular weight is 346 g/mol. The summed E-state index contributed by atoms with van der Waals surface area (Å²) in [5, 5.41) is 3.45. The first kappa shape index (κ1) is 17.0. The zero-order valence-corrected chi connectivity index (χ0v) is 13.2. The van der Waals surface area contributed by atoms with Gasteiger partial charge in [-0.05, 0) is 31.5 Å². The Balaban J connectivity index is 0.00000180. The molecule has 1 aromatic rings. The van der Waals surface area contributed by atoms with E-state index in [9.17, 15) is 8.42 Å². The van der Waals surface area contributed by atoms with Crippen molar-refractivity contribution in [2.24, 2.45) is 0 Å². The lowest BCUT2D eigenvalue weighted by atomic mass is 10.1. The van der Waals surface area contributed by atoms with Crippen LogP contribution in [-0.4, -0.2) is 27.5 Å². The van der Waals surface area contributed by atoms with E-state index < -0.39 is 10.0 Å². The second-order valence-corrected chi connectivity index (χ2v) is 6.68. The van der Waals surface area contributed by atoms with Crippen LogP contribution in [0.3, 0.4) is 0 Å². The first-order valence-electron chi connectivity index (χ1n) is 5.68. The summed E-state index contributed by atoms with van der Waals surface area (Å²) >= 11 is 11.8. The fraction of sp³-hybridized carbons (Fsp3) is 0.455. The molecule has 1 fully saturated rings. The summed E-state index contributed by atoms with van der Waals surface area (Å²) in [7, 11) is -3.62. The van der Waals surface area contributed by atoms with Crippen LogP contribution >= 0.6 is 35.6 Å². The van der Waals surface area contributed by atoms with Crippen molar-refractivity contribution < 1.29 is 8.42 Å². The maximum Gasteiger partial charge on any atom is 0.242 e. The van der Waals surface area contributed by atoms with Gasteiger partial charge in [-0.1, -0.05) is 29.3 Å². The maximum atomic E-state index is 12.2. The second-order valence-electron chi connectivity index (χ2n) is 4.22. The molecular weight excluding hydrogens is 331 g/mol. The van der Waals surface area contributed by atoms with Crippen molar-refractivity contribution in [3.8, 4) is 0 Å². The van der Waals surface area contributed by atoms with Crippen LogP contribution in [0.4, 0.5) is 0 Å². The van der Waals surface area contributed by atoms with Gasteiger partial charge in [-0.3, -0.25) is 0 Å². The highest BCUT2D eigenvalue weighted by atomic mass is 35.5. The highest BCUT2D eigenvalue weighted by Gasteiger charge is 2.24. The third-order valence-electron chi connectivity index (χ3n) is 2.82. The number of sulfonamides is 1. The Morgan fingerprint density at radius 2 is 2.05 bits per heavy atom. The van der Waals surface area contributed by atoms with Gasteiger partial charge in [-0.2, -0.15) is 0 Å². The lowest BCUT2D eigenvalue weighted by Gasteiger charge is -2.23. The molecule has 0 radical (unpaired) electrons. The maximum absolute atomic E-state index is 12.2. The molecule has 1 aromatic carbocycles. The Labute approximate surface area is 129 Å². The lowest BCUT2D eigenvalue weighted by Crippen LogP contribution is -2.45. The van der Waals surface area contributed by atoms with Crippen molar-refractivity contribution in [3.05, 3.63) is 28.2 Å². The standard InChI is InChI=1S/C11H14Cl2N2O2S.ClH/c12-9-4-1-5-10(11(9)13)18(16,17)15-8-3-2-6-14-7-8;/h1,4-5,8,14-15H,2-3,6-7H2;1H/t8-;/m1./s1. The van der Waals surface area contributed by atoms with E-state index in [1.54, 1.807) is 12.1 Å². The van der Waals surface area contributed by atoms with Crippen molar-refractivity contribution in [2.75, 3.05) is 13.1 Å². The number of halogens is 3. The fourth-order valence-electron chi connectivity index (χ4n) is 1.93. The quantitative estimate of drug-likeness (QED) is 0.884. The van der Waals surface area contributed by atoms with Crippen LogP contribution in [0.2, 0.25) is 10.0 Å².